The highest BCUT2D eigenvalue weighted by Crippen LogP contribution is 2.17. The van der Waals surface area contributed by atoms with Crippen molar-refractivity contribution < 1.29 is 5.11 Å². The second-order valence-electron chi connectivity index (χ2n) is 4.73. The molecule has 0 amide bonds. The van der Waals surface area contributed by atoms with Crippen molar-refractivity contribution in [2.75, 3.05) is 13.1 Å². The fourth-order valence-electron chi connectivity index (χ4n) is 2.18. The van der Waals surface area contributed by atoms with Crippen LogP contribution in [0.15, 0.2) is 24.3 Å². The van der Waals surface area contributed by atoms with E-state index in [1.165, 1.54) is 24.8 Å². The van der Waals surface area contributed by atoms with Crippen molar-refractivity contribution >= 4 is 0 Å². The van der Waals surface area contributed by atoms with Gasteiger partial charge in [-0.25, -0.2) is 0 Å². The molecule has 1 aromatic rings. The molecule has 0 spiro atoms. The first-order chi connectivity index (χ1) is 8.26. The molecule has 0 bridgehead atoms. The summed E-state index contributed by atoms with van der Waals surface area (Å²) >= 11 is 0. The van der Waals surface area contributed by atoms with Gasteiger partial charge in [0.15, 0.2) is 0 Å². The number of phenols is 1. The van der Waals surface area contributed by atoms with Crippen molar-refractivity contribution in [1.82, 2.24) is 5.32 Å². The van der Waals surface area contributed by atoms with Gasteiger partial charge in [0.05, 0.1) is 0 Å². The number of benzene rings is 1. The Kier molecular flexibility index (Phi) is 6.71. The highest BCUT2D eigenvalue weighted by molar-refractivity contribution is 5.27. The molecule has 0 aliphatic carbocycles. The van der Waals surface area contributed by atoms with Gasteiger partial charge in [-0.15, -0.1) is 0 Å². The Bertz CT molecular complexity index is 312. The molecular formula is C15H25NO. The van der Waals surface area contributed by atoms with Crippen molar-refractivity contribution in [3.8, 4) is 5.75 Å². The zero-order chi connectivity index (χ0) is 12.5. The van der Waals surface area contributed by atoms with Gasteiger partial charge in [-0.2, -0.15) is 0 Å². The first-order valence-electron chi connectivity index (χ1n) is 6.74. The summed E-state index contributed by atoms with van der Waals surface area (Å²) in [6.45, 7) is 6.60. The molecule has 1 atom stereocenters. The second kappa shape index (κ2) is 8.13. The smallest absolute Gasteiger partial charge is 0.115 e. The number of aromatic hydroxyl groups is 1. The summed E-state index contributed by atoms with van der Waals surface area (Å²) in [6, 6.07) is 7.63. The Labute approximate surface area is 105 Å². The van der Waals surface area contributed by atoms with Crippen molar-refractivity contribution in [2.24, 2.45) is 5.92 Å². The fourth-order valence-corrected chi connectivity index (χ4v) is 2.18. The van der Waals surface area contributed by atoms with E-state index in [0.717, 1.165) is 19.5 Å². The van der Waals surface area contributed by atoms with E-state index in [0.29, 0.717) is 11.7 Å². The summed E-state index contributed by atoms with van der Waals surface area (Å²) in [7, 11) is 0. The quantitative estimate of drug-likeness (QED) is 0.677. The molecule has 0 aliphatic heterocycles. The normalized spacial score (nSPS) is 12.6. The minimum absolute atomic E-state index is 0.374. The van der Waals surface area contributed by atoms with Gasteiger partial charge < -0.3 is 10.4 Å². The lowest BCUT2D eigenvalue weighted by Gasteiger charge is -2.17. The largest absolute Gasteiger partial charge is 0.508 e. The molecule has 0 saturated carbocycles. The van der Waals surface area contributed by atoms with Gasteiger partial charge in [0, 0.05) is 0 Å². The van der Waals surface area contributed by atoms with Gasteiger partial charge in [0.1, 0.15) is 5.75 Å². The van der Waals surface area contributed by atoms with Crippen LogP contribution >= 0.6 is 0 Å². The third-order valence-electron chi connectivity index (χ3n) is 2.99. The SMILES string of the molecule is CCCNCC(CCC)Cc1cccc(O)c1. The molecule has 0 aromatic heterocycles. The maximum absolute atomic E-state index is 9.45. The summed E-state index contributed by atoms with van der Waals surface area (Å²) in [5.41, 5.74) is 1.24. The van der Waals surface area contributed by atoms with Gasteiger partial charge in [-0.1, -0.05) is 32.4 Å². The lowest BCUT2D eigenvalue weighted by Crippen LogP contribution is -2.24. The minimum atomic E-state index is 0.374. The Balaban J connectivity index is 2.47. The van der Waals surface area contributed by atoms with Gasteiger partial charge in [-0.05, 0) is 56.0 Å². The van der Waals surface area contributed by atoms with Crippen molar-refractivity contribution in [3.63, 3.8) is 0 Å². The van der Waals surface area contributed by atoms with Crippen LogP contribution in [0.25, 0.3) is 0 Å². The highest BCUT2D eigenvalue weighted by atomic mass is 16.3. The van der Waals surface area contributed by atoms with Gasteiger partial charge in [0.25, 0.3) is 0 Å². The summed E-state index contributed by atoms with van der Waals surface area (Å²) in [4.78, 5) is 0. The Morgan fingerprint density at radius 1 is 1.24 bits per heavy atom. The molecule has 1 aromatic carbocycles. The molecule has 2 heteroatoms. The standard InChI is InChI=1S/C15H25NO/c1-3-6-14(12-16-9-4-2)10-13-7-5-8-15(17)11-13/h5,7-8,11,14,16-17H,3-4,6,9-10,12H2,1-2H3. The maximum atomic E-state index is 9.45. The van der Waals surface area contributed by atoms with E-state index < -0.39 is 0 Å². The first-order valence-corrected chi connectivity index (χ1v) is 6.74. The molecule has 0 radical (unpaired) electrons. The highest BCUT2D eigenvalue weighted by Gasteiger charge is 2.08. The Hall–Kier alpha value is -1.02. The maximum Gasteiger partial charge on any atom is 0.115 e. The van der Waals surface area contributed by atoms with Gasteiger partial charge in [-0.3, -0.25) is 0 Å². The summed E-state index contributed by atoms with van der Waals surface area (Å²) < 4.78 is 0. The minimum Gasteiger partial charge on any atom is -0.508 e. The number of nitrogens with one attached hydrogen (secondary N) is 1. The molecule has 0 saturated heterocycles. The van der Waals surface area contributed by atoms with E-state index in [2.05, 4.69) is 25.2 Å². The van der Waals surface area contributed by atoms with E-state index in [1.54, 1.807) is 6.07 Å². The third-order valence-corrected chi connectivity index (χ3v) is 2.99. The Morgan fingerprint density at radius 3 is 2.71 bits per heavy atom. The predicted octanol–water partition coefficient (Wildman–Crippen LogP) is 3.35. The molecule has 0 fully saturated rings. The van der Waals surface area contributed by atoms with Crippen LogP contribution in [0.5, 0.6) is 5.75 Å². The number of phenolic OH excluding ortho intramolecular Hbond substituents is 1. The number of rotatable bonds is 8. The van der Waals surface area contributed by atoms with Gasteiger partial charge in [0.2, 0.25) is 0 Å². The van der Waals surface area contributed by atoms with Crippen LogP contribution in [-0.4, -0.2) is 18.2 Å². The molecule has 1 unspecified atom stereocenters. The molecule has 17 heavy (non-hydrogen) atoms. The second-order valence-corrected chi connectivity index (χ2v) is 4.73. The monoisotopic (exact) mass is 235 g/mol. The zero-order valence-electron chi connectivity index (χ0n) is 11.1. The lowest BCUT2D eigenvalue weighted by molar-refractivity contribution is 0.436. The third kappa shape index (κ3) is 5.73. The topological polar surface area (TPSA) is 32.3 Å². The first kappa shape index (κ1) is 14.0. The average Bonchev–Trinajstić information content (AvgIpc) is 2.29. The van der Waals surface area contributed by atoms with Crippen LogP contribution < -0.4 is 5.32 Å². The molecule has 2 N–H and O–H groups in total. The predicted molar refractivity (Wildman–Crippen MR) is 73.4 cm³/mol. The van der Waals surface area contributed by atoms with Crippen LogP contribution in [0.2, 0.25) is 0 Å². The van der Waals surface area contributed by atoms with Crippen molar-refractivity contribution in [1.29, 1.82) is 0 Å². The van der Waals surface area contributed by atoms with E-state index in [-0.39, 0.29) is 0 Å². The van der Waals surface area contributed by atoms with Crippen LogP contribution in [0.3, 0.4) is 0 Å². The molecule has 1 rings (SSSR count). The molecule has 0 aliphatic rings. The van der Waals surface area contributed by atoms with Crippen molar-refractivity contribution in [3.05, 3.63) is 29.8 Å². The van der Waals surface area contributed by atoms with E-state index in [1.807, 2.05) is 12.1 Å². The van der Waals surface area contributed by atoms with Crippen LogP contribution in [0.4, 0.5) is 0 Å². The lowest BCUT2D eigenvalue weighted by atomic mass is 9.95. The fraction of sp³-hybridized carbons (Fsp3) is 0.600. The number of hydrogen-bond acceptors (Lipinski definition) is 2. The summed E-state index contributed by atoms with van der Waals surface area (Å²) in [6.07, 6.45) is 4.70. The molecule has 0 heterocycles. The molecule has 96 valence electrons. The van der Waals surface area contributed by atoms with E-state index >= 15 is 0 Å². The summed E-state index contributed by atoms with van der Waals surface area (Å²) in [5.74, 6) is 1.05. The Morgan fingerprint density at radius 2 is 2.06 bits per heavy atom. The van der Waals surface area contributed by atoms with Crippen molar-refractivity contribution in [2.45, 2.75) is 39.5 Å². The average molecular weight is 235 g/mol. The van der Waals surface area contributed by atoms with Crippen LogP contribution in [0, 0.1) is 5.92 Å². The van der Waals surface area contributed by atoms with Gasteiger partial charge >= 0.3 is 0 Å². The van der Waals surface area contributed by atoms with Crippen LogP contribution in [0.1, 0.15) is 38.7 Å². The molecular weight excluding hydrogens is 210 g/mol. The van der Waals surface area contributed by atoms with E-state index in [9.17, 15) is 5.11 Å². The number of hydrogen-bond donors (Lipinski definition) is 2. The van der Waals surface area contributed by atoms with E-state index in [4.69, 9.17) is 0 Å². The van der Waals surface area contributed by atoms with Crippen LogP contribution in [-0.2, 0) is 6.42 Å². The zero-order valence-corrected chi connectivity index (χ0v) is 11.1. The molecule has 2 nitrogen and oxygen atoms in total. The summed E-state index contributed by atoms with van der Waals surface area (Å²) in [5, 5.41) is 12.9.